The molecule has 8 nitrogen and oxygen atoms in total. The van der Waals surface area contributed by atoms with Crippen LogP contribution >= 0.6 is 11.6 Å². The Morgan fingerprint density at radius 3 is 2.18 bits per heavy atom. The summed E-state index contributed by atoms with van der Waals surface area (Å²) in [5.41, 5.74) is 2.95. The summed E-state index contributed by atoms with van der Waals surface area (Å²) in [5.74, 6) is -0.344. The minimum atomic E-state index is -4.23. The standard InChI is InChI=1S/C35H38ClN3O5S/c1-4-21-37-35(41)33(23-27-10-6-5-7-11-27)38(24-28-12-8-9-26(2)22-28)34(40)25-39(30-15-13-29(36)14-16-30)45(42,43)32-19-17-31(44-3)18-20-32/h5-20,22,33H,4,21,23-25H2,1-3H3,(H,37,41)/t33-/m1/s1. The Kier molecular flexibility index (Phi) is 11.6. The first-order chi connectivity index (χ1) is 21.6. The molecule has 0 bridgehead atoms. The minimum Gasteiger partial charge on any atom is -0.497 e. The summed E-state index contributed by atoms with van der Waals surface area (Å²) < 4.78 is 34.5. The molecule has 1 N–H and O–H groups in total. The first-order valence-corrected chi connectivity index (χ1v) is 16.5. The summed E-state index contributed by atoms with van der Waals surface area (Å²) in [6.45, 7) is 3.91. The zero-order valence-corrected chi connectivity index (χ0v) is 27.2. The highest BCUT2D eigenvalue weighted by molar-refractivity contribution is 7.92. The van der Waals surface area contributed by atoms with Crippen LogP contribution in [0, 0.1) is 6.92 Å². The van der Waals surface area contributed by atoms with Gasteiger partial charge in [0.05, 0.1) is 17.7 Å². The predicted molar refractivity (Wildman–Crippen MR) is 178 cm³/mol. The summed E-state index contributed by atoms with van der Waals surface area (Å²) in [6, 6.07) is 28.5. The van der Waals surface area contributed by atoms with Gasteiger partial charge in [0.1, 0.15) is 18.3 Å². The molecular formula is C35H38ClN3O5S. The average Bonchev–Trinajstić information content (AvgIpc) is 3.05. The molecule has 10 heteroatoms. The van der Waals surface area contributed by atoms with Crippen molar-refractivity contribution in [1.29, 1.82) is 0 Å². The van der Waals surface area contributed by atoms with Crippen LogP contribution in [0.1, 0.15) is 30.0 Å². The second-order valence-electron chi connectivity index (χ2n) is 10.7. The normalized spacial score (nSPS) is 11.8. The molecule has 0 aliphatic carbocycles. The van der Waals surface area contributed by atoms with Gasteiger partial charge < -0.3 is 15.0 Å². The highest BCUT2D eigenvalue weighted by Crippen LogP contribution is 2.27. The molecule has 0 heterocycles. The van der Waals surface area contributed by atoms with Gasteiger partial charge in [0, 0.05) is 24.5 Å². The fraction of sp³-hybridized carbons (Fsp3) is 0.257. The van der Waals surface area contributed by atoms with Crippen LogP contribution in [0.2, 0.25) is 5.02 Å². The fourth-order valence-corrected chi connectivity index (χ4v) is 6.48. The smallest absolute Gasteiger partial charge is 0.264 e. The van der Waals surface area contributed by atoms with E-state index in [2.05, 4.69) is 5.32 Å². The maximum Gasteiger partial charge on any atom is 0.264 e. The van der Waals surface area contributed by atoms with E-state index in [1.807, 2.05) is 68.4 Å². The van der Waals surface area contributed by atoms with E-state index in [4.69, 9.17) is 16.3 Å². The Morgan fingerprint density at radius 2 is 1.56 bits per heavy atom. The number of ether oxygens (including phenoxy) is 1. The second-order valence-corrected chi connectivity index (χ2v) is 13.0. The number of methoxy groups -OCH3 is 1. The summed E-state index contributed by atoms with van der Waals surface area (Å²) in [4.78, 5) is 29.7. The minimum absolute atomic E-state index is 0.0159. The number of anilines is 1. The van der Waals surface area contributed by atoms with Gasteiger partial charge in [0.2, 0.25) is 11.8 Å². The number of nitrogens with one attached hydrogen (secondary N) is 1. The third-order valence-corrected chi connectivity index (χ3v) is 9.34. The van der Waals surface area contributed by atoms with Gasteiger partial charge in [-0.3, -0.25) is 13.9 Å². The lowest BCUT2D eigenvalue weighted by molar-refractivity contribution is -0.140. The number of sulfonamides is 1. The molecule has 0 spiro atoms. The van der Waals surface area contributed by atoms with Gasteiger partial charge in [-0.25, -0.2) is 8.42 Å². The highest BCUT2D eigenvalue weighted by atomic mass is 35.5. The monoisotopic (exact) mass is 647 g/mol. The molecular weight excluding hydrogens is 610 g/mol. The number of carbonyl (C=O) groups is 2. The van der Waals surface area contributed by atoms with Crippen molar-refractivity contribution in [2.75, 3.05) is 24.5 Å². The van der Waals surface area contributed by atoms with Crippen molar-refractivity contribution >= 4 is 39.1 Å². The Morgan fingerprint density at radius 1 is 0.889 bits per heavy atom. The molecule has 0 saturated heterocycles. The van der Waals surface area contributed by atoms with Crippen molar-refractivity contribution in [2.45, 2.75) is 44.2 Å². The summed E-state index contributed by atoms with van der Waals surface area (Å²) >= 11 is 6.13. The lowest BCUT2D eigenvalue weighted by Crippen LogP contribution is -2.53. The van der Waals surface area contributed by atoms with Gasteiger partial charge in [-0.2, -0.15) is 0 Å². The van der Waals surface area contributed by atoms with Crippen molar-refractivity contribution in [3.63, 3.8) is 0 Å². The number of halogens is 1. The second kappa shape index (κ2) is 15.6. The molecule has 1 atom stereocenters. The molecule has 0 aromatic heterocycles. The van der Waals surface area contributed by atoms with Gasteiger partial charge in [-0.05, 0) is 73.0 Å². The largest absolute Gasteiger partial charge is 0.497 e. The summed E-state index contributed by atoms with van der Waals surface area (Å²) in [7, 11) is -2.74. The van der Waals surface area contributed by atoms with Crippen LogP contribution in [0.3, 0.4) is 0 Å². The number of benzene rings is 4. The van der Waals surface area contributed by atoms with E-state index in [1.165, 1.54) is 24.1 Å². The summed E-state index contributed by atoms with van der Waals surface area (Å²) in [6.07, 6.45) is 0.972. The van der Waals surface area contributed by atoms with E-state index in [0.29, 0.717) is 17.3 Å². The summed E-state index contributed by atoms with van der Waals surface area (Å²) in [5, 5.41) is 3.37. The van der Waals surface area contributed by atoms with Crippen molar-refractivity contribution in [2.24, 2.45) is 0 Å². The molecule has 4 aromatic carbocycles. The van der Waals surface area contributed by atoms with Crippen molar-refractivity contribution in [1.82, 2.24) is 10.2 Å². The third-order valence-electron chi connectivity index (χ3n) is 7.30. The van der Waals surface area contributed by atoms with Gasteiger partial charge in [0.25, 0.3) is 10.0 Å². The fourth-order valence-electron chi connectivity index (χ4n) is 4.94. The van der Waals surface area contributed by atoms with Crippen LogP contribution in [0.15, 0.2) is 108 Å². The van der Waals surface area contributed by atoms with Crippen molar-refractivity contribution in [3.05, 3.63) is 125 Å². The molecule has 2 amide bonds. The number of hydrogen-bond donors (Lipinski definition) is 1. The lowest BCUT2D eigenvalue weighted by atomic mass is 10.0. The Labute approximate surface area is 270 Å². The Bertz CT molecular complexity index is 1680. The third kappa shape index (κ3) is 8.86. The Hall–Kier alpha value is -4.34. The van der Waals surface area contributed by atoms with E-state index in [-0.39, 0.29) is 29.5 Å². The predicted octanol–water partition coefficient (Wildman–Crippen LogP) is 6.02. The van der Waals surface area contributed by atoms with Gasteiger partial charge in [-0.1, -0.05) is 78.7 Å². The van der Waals surface area contributed by atoms with Crippen molar-refractivity contribution in [3.8, 4) is 5.75 Å². The van der Waals surface area contributed by atoms with Crippen LogP contribution in [-0.2, 0) is 32.6 Å². The quantitative estimate of drug-likeness (QED) is 0.181. The van der Waals surface area contributed by atoms with E-state index in [1.54, 1.807) is 36.4 Å². The molecule has 45 heavy (non-hydrogen) atoms. The number of aryl methyl sites for hydroxylation is 1. The SMILES string of the molecule is CCCNC(=O)[C@@H](Cc1ccccc1)N(Cc1cccc(C)c1)C(=O)CN(c1ccc(Cl)cc1)S(=O)(=O)c1ccc(OC)cc1. The van der Waals surface area contributed by atoms with E-state index in [9.17, 15) is 18.0 Å². The molecule has 0 aliphatic rings. The molecule has 0 radical (unpaired) electrons. The first kappa shape index (κ1) is 33.6. The highest BCUT2D eigenvalue weighted by Gasteiger charge is 2.34. The Balaban J connectivity index is 1.79. The molecule has 0 unspecified atom stereocenters. The van der Waals surface area contributed by atoms with E-state index < -0.39 is 28.5 Å². The molecule has 0 fully saturated rings. The maximum atomic E-state index is 14.5. The zero-order chi connectivity index (χ0) is 32.4. The van der Waals surface area contributed by atoms with Gasteiger partial charge in [0.15, 0.2) is 0 Å². The lowest BCUT2D eigenvalue weighted by Gasteiger charge is -2.34. The number of nitrogens with zero attached hydrogens (tertiary/aromatic N) is 2. The van der Waals surface area contributed by atoms with Crippen LogP contribution in [0.25, 0.3) is 0 Å². The molecule has 236 valence electrons. The van der Waals surface area contributed by atoms with Gasteiger partial charge in [-0.15, -0.1) is 0 Å². The average molecular weight is 648 g/mol. The van der Waals surface area contributed by atoms with E-state index in [0.717, 1.165) is 27.4 Å². The first-order valence-electron chi connectivity index (χ1n) is 14.7. The molecule has 4 aromatic rings. The van der Waals surface area contributed by atoms with Crippen LogP contribution in [0.5, 0.6) is 5.75 Å². The topological polar surface area (TPSA) is 96.0 Å². The zero-order valence-electron chi connectivity index (χ0n) is 25.6. The van der Waals surface area contributed by atoms with E-state index >= 15 is 0 Å². The molecule has 0 saturated carbocycles. The van der Waals surface area contributed by atoms with Gasteiger partial charge >= 0.3 is 0 Å². The van der Waals surface area contributed by atoms with Crippen molar-refractivity contribution < 1.29 is 22.7 Å². The van der Waals surface area contributed by atoms with Crippen LogP contribution < -0.4 is 14.4 Å². The molecule has 4 rings (SSSR count). The number of rotatable bonds is 14. The van der Waals surface area contributed by atoms with Crippen LogP contribution in [-0.4, -0.2) is 51.4 Å². The van der Waals surface area contributed by atoms with Crippen LogP contribution in [0.4, 0.5) is 5.69 Å². The number of hydrogen-bond acceptors (Lipinski definition) is 5. The molecule has 0 aliphatic heterocycles. The number of amides is 2. The maximum absolute atomic E-state index is 14.5. The number of carbonyl (C=O) groups excluding carboxylic acids is 2.